The Morgan fingerprint density at radius 1 is 1.10 bits per heavy atom. The summed E-state index contributed by atoms with van der Waals surface area (Å²) in [5, 5.41) is 9.16. The summed E-state index contributed by atoms with van der Waals surface area (Å²) in [5.74, 6) is 3.06. The number of rotatable bonds is 6. The highest BCUT2D eigenvalue weighted by atomic mass is 16.4. The summed E-state index contributed by atoms with van der Waals surface area (Å²) >= 11 is 0. The zero-order chi connectivity index (χ0) is 21.7. The van der Waals surface area contributed by atoms with Gasteiger partial charge in [-0.3, -0.25) is 9.59 Å². The molecule has 0 radical (unpaired) electrons. The normalized spacial score (nSPS) is 42.5. The number of carboxylic acids is 1. The van der Waals surface area contributed by atoms with Gasteiger partial charge in [-0.2, -0.15) is 0 Å². The molecule has 4 aliphatic rings. The predicted octanol–water partition coefficient (Wildman–Crippen LogP) is 6.66. The maximum atomic E-state index is 12.1. The molecule has 0 heterocycles. The molecule has 30 heavy (non-hydrogen) atoms. The summed E-state index contributed by atoms with van der Waals surface area (Å²) in [6.45, 7) is 9.34. The lowest BCUT2D eigenvalue weighted by Crippen LogP contribution is -2.49. The van der Waals surface area contributed by atoms with Gasteiger partial charge in [0.1, 0.15) is 5.78 Å². The lowest BCUT2D eigenvalue weighted by molar-refractivity contribution is -0.141. The molecule has 3 saturated carbocycles. The van der Waals surface area contributed by atoms with E-state index >= 15 is 0 Å². The number of Topliss-reactive ketones (excluding diaryl/α,β-unsaturated/α-hetero) is 1. The molecule has 8 unspecified atom stereocenters. The molecule has 3 fully saturated rings. The van der Waals surface area contributed by atoms with Crippen molar-refractivity contribution in [2.45, 2.75) is 98.3 Å². The van der Waals surface area contributed by atoms with Gasteiger partial charge in [0.05, 0.1) is 5.92 Å². The second-order valence-electron chi connectivity index (χ2n) is 11.9. The topological polar surface area (TPSA) is 54.4 Å². The fraction of sp³-hybridized carbons (Fsp3) is 0.852. The molecular formula is C27H42O3. The maximum Gasteiger partial charge on any atom is 0.306 e. The minimum Gasteiger partial charge on any atom is -0.481 e. The Labute approximate surface area is 183 Å². The molecule has 8 atom stereocenters. The van der Waals surface area contributed by atoms with Crippen molar-refractivity contribution in [2.24, 2.45) is 46.3 Å². The third-order valence-electron chi connectivity index (χ3n) is 10.4. The minimum absolute atomic E-state index is 0.219. The molecule has 3 nitrogen and oxygen atoms in total. The van der Waals surface area contributed by atoms with Crippen LogP contribution in [0.25, 0.3) is 0 Å². The van der Waals surface area contributed by atoms with Crippen molar-refractivity contribution in [1.82, 2.24) is 0 Å². The Morgan fingerprint density at radius 2 is 1.83 bits per heavy atom. The second kappa shape index (κ2) is 8.10. The number of fused-ring (bicyclic) bond motifs is 5. The lowest BCUT2D eigenvalue weighted by Gasteiger charge is -2.57. The molecule has 0 aliphatic heterocycles. The van der Waals surface area contributed by atoms with E-state index in [4.69, 9.17) is 5.11 Å². The van der Waals surface area contributed by atoms with Gasteiger partial charge in [0.15, 0.2) is 0 Å². The van der Waals surface area contributed by atoms with Crippen molar-refractivity contribution in [2.75, 3.05) is 0 Å². The summed E-state index contributed by atoms with van der Waals surface area (Å²) in [5.41, 5.74) is 2.52. The van der Waals surface area contributed by atoms with E-state index in [1.165, 1.54) is 25.7 Å². The number of hydrogen-bond donors (Lipinski definition) is 1. The van der Waals surface area contributed by atoms with Gasteiger partial charge in [0.2, 0.25) is 0 Å². The zero-order valence-electron chi connectivity index (χ0n) is 19.6. The van der Waals surface area contributed by atoms with Crippen molar-refractivity contribution in [3.63, 3.8) is 0 Å². The quantitative estimate of drug-likeness (QED) is 0.494. The summed E-state index contributed by atoms with van der Waals surface area (Å²) in [4.78, 5) is 23.2. The van der Waals surface area contributed by atoms with E-state index in [-0.39, 0.29) is 5.92 Å². The van der Waals surface area contributed by atoms with Crippen LogP contribution in [0.5, 0.6) is 0 Å². The molecule has 4 rings (SSSR count). The smallest absolute Gasteiger partial charge is 0.306 e. The fourth-order valence-corrected chi connectivity index (χ4v) is 8.35. The summed E-state index contributed by atoms with van der Waals surface area (Å²) in [6.07, 6.45) is 14.7. The number of carboxylic acid groups (broad SMARTS) is 1. The third kappa shape index (κ3) is 3.58. The van der Waals surface area contributed by atoms with Crippen LogP contribution in [0, 0.1) is 46.3 Å². The number of ketones is 1. The molecule has 3 heteroatoms. The first-order valence-electron chi connectivity index (χ1n) is 12.6. The largest absolute Gasteiger partial charge is 0.481 e. The molecule has 0 aromatic carbocycles. The van der Waals surface area contributed by atoms with Crippen LogP contribution in [0.1, 0.15) is 98.3 Å². The first-order chi connectivity index (χ1) is 14.2. The molecule has 4 aliphatic carbocycles. The molecule has 0 aromatic rings. The molecule has 0 saturated heterocycles. The van der Waals surface area contributed by atoms with Gasteiger partial charge in [-0.15, -0.1) is 0 Å². The van der Waals surface area contributed by atoms with E-state index in [9.17, 15) is 9.59 Å². The van der Waals surface area contributed by atoms with E-state index in [1.54, 1.807) is 5.57 Å². The Kier molecular flexibility index (Phi) is 5.96. The number of aliphatic carboxylic acids is 1. The highest BCUT2D eigenvalue weighted by molar-refractivity contribution is 5.79. The van der Waals surface area contributed by atoms with Crippen LogP contribution in [0.15, 0.2) is 11.6 Å². The van der Waals surface area contributed by atoms with Crippen molar-refractivity contribution in [3.05, 3.63) is 11.6 Å². The van der Waals surface area contributed by atoms with Gasteiger partial charge in [0, 0.05) is 12.8 Å². The van der Waals surface area contributed by atoms with Crippen LogP contribution < -0.4 is 0 Å². The summed E-state index contributed by atoms with van der Waals surface area (Å²) in [6, 6.07) is 0. The van der Waals surface area contributed by atoms with E-state index in [1.807, 2.05) is 6.92 Å². The molecule has 0 bridgehead atoms. The van der Waals surface area contributed by atoms with Crippen molar-refractivity contribution in [1.29, 1.82) is 0 Å². The first kappa shape index (κ1) is 22.1. The van der Waals surface area contributed by atoms with Crippen LogP contribution in [0.4, 0.5) is 0 Å². The molecule has 0 amide bonds. The molecule has 168 valence electrons. The van der Waals surface area contributed by atoms with Gasteiger partial charge in [-0.05, 0) is 85.4 Å². The molecule has 1 N–H and O–H groups in total. The lowest BCUT2D eigenvalue weighted by atomic mass is 9.47. The van der Waals surface area contributed by atoms with Gasteiger partial charge < -0.3 is 5.11 Å². The van der Waals surface area contributed by atoms with E-state index in [0.29, 0.717) is 34.4 Å². The fourth-order valence-electron chi connectivity index (χ4n) is 8.35. The van der Waals surface area contributed by atoms with E-state index in [2.05, 4.69) is 26.8 Å². The highest BCUT2D eigenvalue weighted by Gasteiger charge is 2.58. The van der Waals surface area contributed by atoms with Gasteiger partial charge in [-0.1, -0.05) is 52.2 Å². The maximum absolute atomic E-state index is 12.1. The van der Waals surface area contributed by atoms with Crippen molar-refractivity contribution < 1.29 is 14.7 Å². The molecule has 0 spiro atoms. The van der Waals surface area contributed by atoms with Crippen LogP contribution >= 0.6 is 0 Å². The minimum atomic E-state index is -0.658. The Hall–Kier alpha value is -1.12. The standard InChI is InChI=1S/C27H42O3/c1-17(6-5-7-18(2)25(29)30)22-10-11-23-21-9-8-19-16-20(28)12-14-26(19,3)24(21)13-15-27(22,23)4/h9,17-19,22-24H,5-8,10-16H2,1-4H3,(H,29,30). The SMILES string of the molecule is CC(CCCC(C)C1CCC2C3=CCC4CC(=O)CCC4(C)C3CCC21C)C(=O)O. The van der Waals surface area contributed by atoms with E-state index < -0.39 is 5.97 Å². The average molecular weight is 415 g/mol. The van der Waals surface area contributed by atoms with Gasteiger partial charge in [-0.25, -0.2) is 0 Å². The van der Waals surface area contributed by atoms with Crippen LogP contribution in [-0.2, 0) is 9.59 Å². The average Bonchev–Trinajstić information content (AvgIpc) is 3.05. The number of carbonyl (C=O) groups is 2. The van der Waals surface area contributed by atoms with Gasteiger partial charge >= 0.3 is 5.97 Å². The zero-order valence-corrected chi connectivity index (χ0v) is 19.6. The summed E-state index contributed by atoms with van der Waals surface area (Å²) < 4.78 is 0. The third-order valence-corrected chi connectivity index (χ3v) is 10.4. The Morgan fingerprint density at radius 3 is 2.57 bits per heavy atom. The van der Waals surface area contributed by atoms with Crippen molar-refractivity contribution >= 4 is 11.8 Å². The Bertz CT molecular complexity index is 724. The van der Waals surface area contributed by atoms with Crippen LogP contribution in [0.3, 0.4) is 0 Å². The number of carbonyl (C=O) groups excluding carboxylic acids is 1. The summed E-state index contributed by atoms with van der Waals surface area (Å²) in [7, 11) is 0. The number of hydrogen-bond acceptors (Lipinski definition) is 2. The van der Waals surface area contributed by atoms with Gasteiger partial charge in [0.25, 0.3) is 0 Å². The monoisotopic (exact) mass is 414 g/mol. The second-order valence-corrected chi connectivity index (χ2v) is 11.9. The Balaban J connectivity index is 1.46. The van der Waals surface area contributed by atoms with Crippen LogP contribution in [-0.4, -0.2) is 16.9 Å². The van der Waals surface area contributed by atoms with Crippen molar-refractivity contribution in [3.8, 4) is 0 Å². The highest BCUT2D eigenvalue weighted by Crippen LogP contribution is 2.66. The predicted molar refractivity (Wildman–Crippen MR) is 120 cm³/mol. The first-order valence-corrected chi connectivity index (χ1v) is 12.6. The molecular weight excluding hydrogens is 372 g/mol. The molecule has 0 aromatic heterocycles. The van der Waals surface area contributed by atoms with Crippen LogP contribution in [0.2, 0.25) is 0 Å². The number of allylic oxidation sites excluding steroid dienone is 2. The van der Waals surface area contributed by atoms with E-state index in [0.717, 1.165) is 56.8 Å².